The van der Waals surface area contributed by atoms with E-state index in [1.165, 1.54) is 26.2 Å². The Morgan fingerprint density at radius 1 is 1.14 bits per heavy atom. The molecule has 0 amide bonds. The molecule has 28 heavy (non-hydrogen) atoms. The van der Waals surface area contributed by atoms with Crippen molar-refractivity contribution in [2.45, 2.75) is 92.1 Å². The highest BCUT2D eigenvalue weighted by atomic mass is 16.5. The topological polar surface area (TPSA) is 43.4 Å². The lowest BCUT2D eigenvalue weighted by molar-refractivity contribution is -0.149. The molecule has 3 saturated carbocycles. The van der Waals surface area contributed by atoms with Crippen molar-refractivity contribution in [3.05, 3.63) is 11.6 Å². The van der Waals surface area contributed by atoms with Crippen LogP contribution in [0.25, 0.3) is 0 Å². The summed E-state index contributed by atoms with van der Waals surface area (Å²) in [6.45, 7) is 10.6. The van der Waals surface area contributed by atoms with Gasteiger partial charge in [0.25, 0.3) is 0 Å². The van der Waals surface area contributed by atoms with E-state index in [9.17, 15) is 9.59 Å². The van der Waals surface area contributed by atoms with Crippen LogP contribution in [0.2, 0.25) is 0 Å². The number of ketones is 1. The van der Waals surface area contributed by atoms with Crippen LogP contribution >= 0.6 is 0 Å². The SMILES string of the molecule is CC[C@@H]1CC2C3CC=C4CC(OC(C)=O)CCC4(C)C3CCC2(C)C1C(C)=O. The van der Waals surface area contributed by atoms with E-state index in [-0.39, 0.29) is 28.8 Å². The van der Waals surface area contributed by atoms with Crippen molar-refractivity contribution in [2.75, 3.05) is 0 Å². The van der Waals surface area contributed by atoms with Crippen molar-refractivity contribution >= 4 is 11.8 Å². The number of carbonyl (C=O) groups is 2. The number of hydrogen-bond donors (Lipinski definition) is 0. The Kier molecular flexibility index (Phi) is 5.03. The lowest BCUT2D eigenvalue weighted by Gasteiger charge is -2.58. The monoisotopic (exact) mass is 386 g/mol. The molecule has 4 rings (SSSR count). The molecule has 156 valence electrons. The van der Waals surface area contributed by atoms with Crippen LogP contribution < -0.4 is 0 Å². The van der Waals surface area contributed by atoms with Gasteiger partial charge >= 0.3 is 5.97 Å². The quantitative estimate of drug-likeness (QED) is 0.460. The summed E-state index contributed by atoms with van der Waals surface area (Å²) in [7, 11) is 0. The zero-order valence-corrected chi connectivity index (χ0v) is 18.4. The second-order valence-corrected chi connectivity index (χ2v) is 10.8. The van der Waals surface area contributed by atoms with E-state index >= 15 is 0 Å². The molecule has 0 bridgehead atoms. The molecule has 7 unspecified atom stereocenters. The van der Waals surface area contributed by atoms with E-state index in [2.05, 4.69) is 26.8 Å². The van der Waals surface area contributed by atoms with Crippen LogP contribution in [0.15, 0.2) is 11.6 Å². The predicted molar refractivity (Wildman–Crippen MR) is 111 cm³/mol. The smallest absolute Gasteiger partial charge is 0.302 e. The van der Waals surface area contributed by atoms with Crippen LogP contribution in [0.1, 0.15) is 86.0 Å². The van der Waals surface area contributed by atoms with E-state index in [0.717, 1.165) is 43.9 Å². The standard InChI is InChI=1S/C25H38O3/c1-6-17-13-22-20-8-7-18-14-19(28-16(3)27)9-11-24(18,4)21(20)10-12-25(22,5)23(17)15(2)26/h7,17,19-23H,6,8-14H2,1-5H3/t17-,19?,20?,21?,22?,23?,24?,25?/m1/s1. The number of hydrogen-bond acceptors (Lipinski definition) is 3. The molecule has 0 aliphatic heterocycles. The third-order valence-electron chi connectivity index (χ3n) is 9.53. The van der Waals surface area contributed by atoms with Crippen LogP contribution in [-0.4, -0.2) is 17.9 Å². The molecule has 4 aliphatic carbocycles. The number of ether oxygens (including phenoxy) is 1. The van der Waals surface area contributed by atoms with Gasteiger partial charge in [0.15, 0.2) is 0 Å². The van der Waals surface area contributed by atoms with Gasteiger partial charge in [-0.2, -0.15) is 0 Å². The summed E-state index contributed by atoms with van der Waals surface area (Å²) >= 11 is 0. The Balaban J connectivity index is 1.61. The normalized spacial score (nSPS) is 47.4. The molecule has 0 saturated heterocycles. The Labute approximate surface area is 170 Å². The second kappa shape index (κ2) is 6.99. The fourth-order valence-electron chi connectivity index (χ4n) is 8.34. The van der Waals surface area contributed by atoms with Gasteiger partial charge in [0.05, 0.1) is 0 Å². The Hall–Kier alpha value is -1.12. The van der Waals surface area contributed by atoms with E-state index in [0.29, 0.717) is 17.6 Å². The number of carbonyl (C=O) groups excluding carboxylic acids is 2. The van der Waals surface area contributed by atoms with Gasteiger partial charge in [0.1, 0.15) is 11.9 Å². The molecule has 3 fully saturated rings. The summed E-state index contributed by atoms with van der Waals surface area (Å²) in [4.78, 5) is 24.0. The third-order valence-corrected chi connectivity index (χ3v) is 9.53. The molecule has 0 aromatic heterocycles. The van der Waals surface area contributed by atoms with Crippen LogP contribution in [0.5, 0.6) is 0 Å². The number of rotatable bonds is 3. The maximum Gasteiger partial charge on any atom is 0.302 e. The van der Waals surface area contributed by atoms with Gasteiger partial charge in [-0.05, 0) is 80.0 Å². The van der Waals surface area contributed by atoms with Crippen molar-refractivity contribution in [3.8, 4) is 0 Å². The molecule has 0 spiro atoms. The predicted octanol–water partition coefficient (Wildman–Crippen LogP) is 5.72. The van der Waals surface area contributed by atoms with Gasteiger partial charge in [0, 0.05) is 19.3 Å². The first kappa shape index (κ1) is 20.2. The average Bonchev–Trinajstić information content (AvgIpc) is 2.94. The van der Waals surface area contributed by atoms with E-state index in [4.69, 9.17) is 4.74 Å². The maximum atomic E-state index is 12.6. The highest BCUT2D eigenvalue weighted by Gasteiger charge is 2.61. The third kappa shape index (κ3) is 2.91. The van der Waals surface area contributed by atoms with Crippen molar-refractivity contribution in [3.63, 3.8) is 0 Å². The number of Topliss-reactive ketones (excluding diaryl/α,β-unsaturated/α-hetero) is 1. The maximum absolute atomic E-state index is 12.6. The average molecular weight is 387 g/mol. The lowest BCUT2D eigenvalue weighted by atomic mass is 9.47. The first-order valence-electron chi connectivity index (χ1n) is 11.6. The fourth-order valence-corrected chi connectivity index (χ4v) is 8.34. The van der Waals surface area contributed by atoms with Crippen molar-refractivity contribution in [1.29, 1.82) is 0 Å². The number of allylic oxidation sites excluding steroid dienone is 1. The van der Waals surface area contributed by atoms with Crippen molar-refractivity contribution in [2.24, 2.45) is 40.4 Å². The summed E-state index contributed by atoms with van der Waals surface area (Å²) in [6.07, 6.45) is 11.6. The van der Waals surface area contributed by atoms with Crippen molar-refractivity contribution < 1.29 is 14.3 Å². The molecule has 0 aromatic carbocycles. The highest BCUT2D eigenvalue weighted by molar-refractivity contribution is 5.80. The van der Waals surface area contributed by atoms with Gasteiger partial charge in [0.2, 0.25) is 0 Å². The highest BCUT2D eigenvalue weighted by Crippen LogP contribution is 2.67. The van der Waals surface area contributed by atoms with Crippen LogP contribution in [-0.2, 0) is 14.3 Å². The van der Waals surface area contributed by atoms with Crippen LogP contribution in [0.3, 0.4) is 0 Å². The summed E-state index contributed by atoms with van der Waals surface area (Å²) in [6, 6.07) is 0. The Bertz CT molecular complexity index is 694. The minimum atomic E-state index is -0.150. The Morgan fingerprint density at radius 3 is 2.54 bits per heavy atom. The molecule has 4 aliphatic rings. The summed E-state index contributed by atoms with van der Waals surface area (Å²) < 4.78 is 5.56. The van der Waals surface area contributed by atoms with Gasteiger partial charge < -0.3 is 4.74 Å². The summed E-state index contributed by atoms with van der Waals surface area (Å²) in [5.74, 6) is 3.25. The zero-order chi connectivity index (χ0) is 20.3. The minimum absolute atomic E-state index is 0.0697. The molecule has 0 aromatic rings. The van der Waals surface area contributed by atoms with E-state index in [1.54, 1.807) is 5.57 Å². The summed E-state index contributed by atoms with van der Waals surface area (Å²) in [5.41, 5.74) is 2.00. The fraction of sp³-hybridized carbons (Fsp3) is 0.840. The molecular weight excluding hydrogens is 348 g/mol. The molecule has 0 heterocycles. The van der Waals surface area contributed by atoms with Crippen molar-refractivity contribution in [1.82, 2.24) is 0 Å². The van der Waals surface area contributed by atoms with Gasteiger partial charge in [-0.1, -0.05) is 38.8 Å². The molecule has 3 nitrogen and oxygen atoms in total. The first-order valence-corrected chi connectivity index (χ1v) is 11.6. The molecule has 0 N–H and O–H groups in total. The molecular formula is C25H38O3. The van der Waals surface area contributed by atoms with Crippen LogP contribution in [0, 0.1) is 40.4 Å². The first-order chi connectivity index (χ1) is 13.2. The van der Waals surface area contributed by atoms with E-state index < -0.39 is 0 Å². The largest absolute Gasteiger partial charge is 0.462 e. The molecule has 0 radical (unpaired) electrons. The van der Waals surface area contributed by atoms with Gasteiger partial charge in [-0.3, -0.25) is 9.59 Å². The molecule has 8 atom stereocenters. The van der Waals surface area contributed by atoms with Gasteiger partial charge in [-0.15, -0.1) is 0 Å². The van der Waals surface area contributed by atoms with Crippen LogP contribution in [0.4, 0.5) is 0 Å². The van der Waals surface area contributed by atoms with Gasteiger partial charge in [-0.25, -0.2) is 0 Å². The number of fused-ring (bicyclic) bond motifs is 5. The molecule has 3 heteroatoms. The Morgan fingerprint density at radius 2 is 1.89 bits per heavy atom. The summed E-state index contributed by atoms with van der Waals surface area (Å²) in [5, 5.41) is 0. The number of esters is 1. The minimum Gasteiger partial charge on any atom is -0.462 e. The second-order valence-electron chi connectivity index (χ2n) is 10.8. The lowest BCUT2D eigenvalue weighted by Crippen LogP contribution is -2.51. The van der Waals surface area contributed by atoms with E-state index in [1.807, 2.05) is 6.92 Å². The zero-order valence-electron chi connectivity index (χ0n) is 18.4.